The molecule has 2 aromatic rings. The molecule has 1 atom stereocenters. The molecule has 1 amide bonds. The highest BCUT2D eigenvalue weighted by Crippen LogP contribution is 2.18. The van der Waals surface area contributed by atoms with Gasteiger partial charge in [-0.25, -0.2) is 0 Å². The van der Waals surface area contributed by atoms with Crippen LogP contribution in [0, 0.1) is 13.8 Å². The second-order valence-electron chi connectivity index (χ2n) is 5.08. The summed E-state index contributed by atoms with van der Waals surface area (Å²) in [6, 6.07) is 12.9. The van der Waals surface area contributed by atoms with Gasteiger partial charge in [-0.15, -0.1) is 0 Å². The lowest BCUT2D eigenvalue weighted by molar-refractivity contribution is -0.122. The zero-order valence-corrected chi connectivity index (χ0v) is 13.1. The molecule has 4 heteroatoms. The zero-order chi connectivity index (χ0) is 15.4. The van der Waals surface area contributed by atoms with Crippen LogP contribution in [0.5, 0.6) is 5.75 Å². The molecule has 0 fully saturated rings. The number of carbonyl (C=O) groups is 1. The molecule has 2 rings (SSSR count). The molecule has 1 N–H and O–H groups in total. The van der Waals surface area contributed by atoms with Crippen molar-refractivity contribution in [3.05, 3.63) is 58.6 Å². The van der Waals surface area contributed by atoms with Crippen LogP contribution in [0.4, 0.5) is 5.69 Å². The van der Waals surface area contributed by atoms with Crippen molar-refractivity contribution >= 4 is 23.2 Å². The average molecular weight is 304 g/mol. The average Bonchev–Trinajstić information content (AvgIpc) is 2.40. The van der Waals surface area contributed by atoms with Crippen molar-refractivity contribution in [3.8, 4) is 5.75 Å². The maximum atomic E-state index is 12.1. The summed E-state index contributed by atoms with van der Waals surface area (Å²) >= 11 is 5.81. The standard InChI is InChI=1S/C17H18ClNO2/c1-11-8-12(2)10-16(9-11)21-13(3)17(20)19-15-6-4-14(18)5-7-15/h4-10,13H,1-3H3,(H,19,20)/t13-/m0/s1. The molecule has 2 aromatic carbocycles. The van der Waals surface area contributed by atoms with E-state index in [1.807, 2.05) is 26.0 Å². The van der Waals surface area contributed by atoms with Crippen LogP contribution >= 0.6 is 11.6 Å². The predicted molar refractivity (Wildman–Crippen MR) is 86.1 cm³/mol. The first kappa shape index (κ1) is 15.4. The minimum atomic E-state index is -0.582. The molecule has 0 unspecified atom stereocenters. The van der Waals surface area contributed by atoms with E-state index in [4.69, 9.17) is 16.3 Å². The van der Waals surface area contributed by atoms with Crippen molar-refractivity contribution in [1.29, 1.82) is 0 Å². The number of rotatable bonds is 4. The first-order chi connectivity index (χ1) is 9.94. The highest BCUT2D eigenvalue weighted by atomic mass is 35.5. The monoisotopic (exact) mass is 303 g/mol. The summed E-state index contributed by atoms with van der Waals surface area (Å²) in [7, 11) is 0. The first-order valence-electron chi connectivity index (χ1n) is 6.75. The molecule has 3 nitrogen and oxygen atoms in total. The second-order valence-corrected chi connectivity index (χ2v) is 5.52. The van der Waals surface area contributed by atoms with Gasteiger partial charge in [0.2, 0.25) is 0 Å². The van der Waals surface area contributed by atoms with Gasteiger partial charge >= 0.3 is 0 Å². The van der Waals surface area contributed by atoms with Gasteiger partial charge in [-0.1, -0.05) is 17.7 Å². The van der Waals surface area contributed by atoms with Crippen molar-refractivity contribution in [2.45, 2.75) is 26.9 Å². The van der Waals surface area contributed by atoms with Crippen molar-refractivity contribution in [3.63, 3.8) is 0 Å². The number of ether oxygens (including phenoxy) is 1. The van der Waals surface area contributed by atoms with E-state index in [9.17, 15) is 4.79 Å². The lowest BCUT2D eigenvalue weighted by Gasteiger charge is -2.15. The van der Waals surface area contributed by atoms with Gasteiger partial charge < -0.3 is 10.1 Å². The molecule has 21 heavy (non-hydrogen) atoms. The third-order valence-electron chi connectivity index (χ3n) is 2.99. The second kappa shape index (κ2) is 6.64. The van der Waals surface area contributed by atoms with Crippen molar-refractivity contribution < 1.29 is 9.53 Å². The summed E-state index contributed by atoms with van der Waals surface area (Å²) < 4.78 is 5.70. The molecule has 0 aliphatic heterocycles. The van der Waals surface area contributed by atoms with Crippen LogP contribution in [0.25, 0.3) is 0 Å². The molecular formula is C17H18ClNO2. The molecular weight excluding hydrogens is 286 g/mol. The van der Waals surface area contributed by atoms with Crippen LogP contribution < -0.4 is 10.1 Å². The number of nitrogens with one attached hydrogen (secondary N) is 1. The Labute approximate surface area is 129 Å². The molecule has 0 aliphatic carbocycles. The van der Waals surface area contributed by atoms with Gasteiger partial charge in [0.15, 0.2) is 6.10 Å². The number of hydrogen-bond acceptors (Lipinski definition) is 2. The fraction of sp³-hybridized carbons (Fsp3) is 0.235. The van der Waals surface area contributed by atoms with Gasteiger partial charge in [0.05, 0.1) is 0 Å². The van der Waals surface area contributed by atoms with Crippen LogP contribution in [0.3, 0.4) is 0 Å². The maximum Gasteiger partial charge on any atom is 0.265 e. The van der Waals surface area contributed by atoms with Gasteiger partial charge in [0.1, 0.15) is 5.75 Å². The van der Waals surface area contributed by atoms with Gasteiger partial charge in [-0.3, -0.25) is 4.79 Å². The third kappa shape index (κ3) is 4.50. The highest BCUT2D eigenvalue weighted by Gasteiger charge is 2.15. The van der Waals surface area contributed by atoms with Crippen molar-refractivity contribution in [2.24, 2.45) is 0 Å². The molecule has 0 saturated heterocycles. The Balaban J connectivity index is 2.00. The van der Waals surface area contributed by atoms with Gasteiger partial charge in [-0.05, 0) is 68.3 Å². The Kier molecular flexibility index (Phi) is 4.86. The van der Waals surface area contributed by atoms with E-state index in [0.29, 0.717) is 16.5 Å². The van der Waals surface area contributed by atoms with Crippen LogP contribution in [-0.2, 0) is 4.79 Å². The Bertz CT molecular complexity index is 617. The smallest absolute Gasteiger partial charge is 0.265 e. The minimum Gasteiger partial charge on any atom is -0.481 e. The number of carbonyl (C=O) groups excluding carboxylic acids is 1. The fourth-order valence-electron chi connectivity index (χ4n) is 2.04. The molecule has 0 aromatic heterocycles. The van der Waals surface area contributed by atoms with Crippen molar-refractivity contribution in [1.82, 2.24) is 0 Å². The van der Waals surface area contributed by atoms with E-state index in [0.717, 1.165) is 11.1 Å². The fourth-order valence-corrected chi connectivity index (χ4v) is 2.16. The summed E-state index contributed by atoms with van der Waals surface area (Å²) in [4.78, 5) is 12.1. The van der Waals surface area contributed by atoms with Crippen LogP contribution in [0.15, 0.2) is 42.5 Å². The SMILES string of the molecule is Cc1cc(C)cc(O[C@@H](C)C(=O)Nc2ccc(Cl)cc2)c1. The van der Waals surface area contributed by atoms with E-state index in [1.165, 1.54) is 0 Å². The Hall–Kier alpha value is -2.00. The predicted octanol–water partition coefficient (Wildman–Crippen LogP) is 4.36. The summed E-state index contributed by atoms with van der Waals surface area (Å²) in [6.07, 6.45) is -0.582. The van der Waals surface area contributed by atoms with Gasteiger partial charge in [-0.2, -0.15) is 0 Å². The van der Waals surface area contributed by atoms with Gasteiger partial charge in [0.25, 0.3) is 5.91 Å². The highest BCUT2D eigenvalue weighted by molar-refractivity contribution is 6.30. The van der Waals surface area contributed by atoms with E-state index in [-0.39, 0.29) is 5.91 Å². The van der Waals surface area contributed by atoms with Crippen molar-refractivity contribution in [2.75, 3.05) is 5.32 Å². The maximum absolute atomic E-state index is 12.1. The first-order valence-corrected chi connectivity index (χ1v) is 7.13. The molecule has 0 saturated carbocycles. The van der Waals surface area contributed by atoms with E-state index < -0.39 is 6.10 Å². The number of amides is 1. The van der Waals surface area contributed by atoms with E-state index in [1.54, 1.807) is 31.2 Å². The van der Waals surface area contributed by atoms with Crippen LogP contribution in [-0.4, -0.2) is 12.0 Å². The zero-order valence-electron chi connectivity index (χ0n) is 12.3. The topological polar surface area (TPSA) is 38.3 Å². The lowest BCUT2D eigenvalue weighted by atomic mass is 10.1. The summed E-state index contributed by atoms with van der Waals surface area (Å²) in [6.45, 7) is 5.72. The Morgan fingerprint density at radius 1 is 1.10 bits per heavy atom. The number of benzene rings is 2. The molecule has 0 bridgehead atoms. The minimum absolute atomic E-state index is 0.198. The number of aryl methyl sites for hydroxylation is 2. The molecule has 0 aliphatic rings. The summed E-state index contributed by atoms with van der Waals surface area (Å²) in [5, 5.41) is 3.43. The van der Waals surface area contributed by atoms with E-state index >= 15 is 0 Å². The normalized spacial score (nSPS) is 11.8. The molecule has 110 valence electrons. The summed E-state index contributed by atoms with van der Waals surface area (Å²) in [5.74, 6) is 0.503. The number of halogens is 1. The number of anilines is 1. The molecule has 0 radical (unpaired) electrons. The molecule has 0 spiro atoms. The Morgan fingerprint density at radius 2 is 1.67 bits per heavy atom. The largest absolute Gasteiger partial charge is 0.481 e. The third-order valence-corrected chi connectivity index (χ3v) is 3.24. The Morgan fingerprint density at radius 3 is 2.24 bits per heavy atom. The quantitative estimate of drug-likeness (QED) is 0.911. The summed E-state index contributed by atoms with van der Waals surface area (Å²) in [5.41, 5.74) is 2.91. The molecule has 0 heterocycles. The van der Waals surface area contributed by atoms with Gasteiger partial charge in [0, 0.05) is 10.7 Å². The van der Waals surface area contributed by atoms with E-state index in [2.05, 4.69) is 11.4 Å². The lowest BCUT2D eigenvalue weighted by Crippen LogP contribution is -2.30. The number of hydrogen-bond donors (Lipinski definition) is 1. The van der Waals surface area contributed by atoms with Crippen LogP contribution in [0.2, 0.25) is 5.02 Å². The van der Waals surface area contributed by atoms with Crippen LogP contribution in [0.1, 0.15) is 18.1 Å².